The zero-order valence-corrected chi connectivity index (χ0v) is 13.0. The monoisotopic (exact) mass is 312 g/mol. The van der Waals surface area contributed by atoms with Crippen LogP contribution in [0, 0.1) is 0 Å². The topological polar surface area (TPSA) is 71.3 Å². The van der Waals surface area contributed by atoms with Crippen molar-refractivity contribution < 1.29 is 14.0 Å². The summed E-state index contributed by atoms with van der Waals surface area (Å²) in [6, 6.07) is 12.2. The molecule has 5 nitrogen and oxygen atoms in total. The summed E-state index contributed by atoms with van der Waals surface area (Å²) in [4.78, 5) is 24.5. The van der Waals surface area contributed by atoms with Crippen molar-refractivity contribution in [1.82, 2.24) is 10.6 Å². The number of hydrogen-bond donors (Lipinski definition) is 2. The van der Waals surface area contributed by atoms with Crippen molar-refractivity contribution in [3.8, 4) is 0 Å². The summed E-state index contributed by atoms with van der Waals surface area (Å²) in [5.74, 6) is -0.174. The molecule has 2 rings (SSSR count). The van der Waals surface area contributed by atoms with Crippen molar-refractivity contribution >= 4 is 17.9 Å². The molecule has 2 aromatic rings. The van der Waals surface area contributed by atoms with Crippen LogP contribution in [0.4, 0.5) is 0 Å². The molecule has 0 aliphatic carbocycles. The minimum Gasteiger partial charge on any atom is -0.465 e. The van der Waals surface area contributed by atoms with Gasteiger partial charge < -0.3 is 15.1 Å². The van der Waals surface area contributed by atoms with Gasteiger partial charge in [0.05, 0.1) is 6.26 Å². The standard InChI is InChI=1S/C18H20N2O3/c1-2-3-11-19-18(22)16(13-15-10-7-12-23-15)20-17(21)14-8-5-4-6-9-14/h4-10,12-13H,2-3,11H2,1H3,(H,19,22)(H,20,21). The van der Waals surface area contributed by atoms with Gasteiger partial charge in [-0.25, -0.2) is 0 Å². The van der Waals surface area contributed by atoms with Crippen LogP contribution < -0.4 is 10.6 Å². The molecule has 0 atom stereocenters. The summed E-state index contributed by atoms with van der Waals surface area (Å²) in [6.45, 7) is 2.61. The van der Waals surface area contributed by atoms with Crippen molar-refractivity contribution in [3.63, 3.8) is 0 Å². The molecule has 1 aromatic heterocycles. The lowest BCUT2D eigenvalue weighted by Gasteiger charge is -2.10. The maximum Gasteiger partial charge on any atom is 0.267 e. The molecule has 0 saturated carbocycles. The Morgan fingerprint density at radius 2 is 1.91 bits per heavy atom. The molecular formula is C18H20N2O3. The van der Waals surface area contributed by atoms with Gasteiger partial charge in [-0.3, -0.25) is 9.59 Å². The first-order valence-electron chi connectivity index (χ1n) is 7.60. The normalized spacial score (nSPS) is 11.1. The second kappa shape index (κ2) is 8.58. The van der Waals surface area contributed by atoms with E-state index < -0.39 is 0 Å². The van der Waals surface area contributed by atoms with Gasteiger partial charge in [0.2, 0.25) is 0 Å². The Kier molecular flexibility index (Phi) is 6.17. The highest BCUT2D eigenvalue weighted by atomic mass is 16.3. The van der Waals surface area contributed by atoms with Gasteiger partial charge in [-0.2, -0.15) is 0 Å². The Bertz CT molecular complexity index is 661. The molecule has 23 heavy (non-hydrogen) atoms. The lowest BCUT2D eigenvalue weighted by atomic mass is 10.2. The van der Waals surface area contributed by atoms with Crippen molar-refractivity contribution in [2.45, 2.75) is 19.8 Å². The molecule has 1 heterocycles. The maximum atomic E-state index is 12.3. The van der Waals surface area contributed by atoms with Crippen LogP contribution in [0.15, 0.2) is 58.8 Å². The maximum absolute atomic E-state index is 12.3. The number of furan rings is 1. The number of hydrogen-bond acceptors (Lipinski definition) is 3. The summed E-state index contributed by atoms with van der Waals surface area (Å²) in [5.41, 5.74) is 0.643. The number of amides is 2. The minimum atomic E-state index is -0.339. The Balaban J connectivity index is 2.13. The van der Waals surface area contributed by atoms with Crippen LogP contribution in [0.25, 0.3) is 6.08 Å². The molecule has 2 amide bonds. The molecule has 1 aromatic carbocycles. The van der Waals surface area contributed by atoms with Crippen LogP contribution in [-0.2, 0) is 4.79 Å². The summed E-state index contributed by atoms with van der Waals surface area (Å²) in [7, 11) is 0. The van der Waals surface area contributed by atoms with Crippen molar-refractivity contribution in [1.29, 1.82) is 0 Å². The van der Waals surface area contributed by atoms with Gasteiger partial charge in [-0.15, -0.1) is 0 Å². The van der Waals surface area contributed by atoms with E-state index in [1.54, 1.807) is 36.4 Å². The summed E-state index contributed by atoms with van der Waals surface area (Å²) >= 11 is 0. The van der Waals surface area contributed by atoms with E-state index in [2.05, 4.69) is 10.6 Å². The smallest absolute Gasteiger partial charge is 0.267 e. The van der Waals surface area contributed by atoms with Gasteiger partial charge >= 0.3 is 0 Å². The third kappa shape index (κ3) is 5.14. The van der Waals surface area contributed by atoms with Gasteiger partial charge in [-0.1, -0.05) is 31.5 Å². The third-order valence-electron chi connectivity index (χ3n) is 3.17. The molecule has 0 spiro atoms. The van der Waals surface area contributed by atoms with E-state index in [0.717, 1.165) is 12.8 Å². The molecule has 0 aliphatic heterocycles. The Labute approximate surface area is 135 Å². The molecule has 0 bridgehead atoms. The van der Waals surface area contributed by atoms with E-state index >= 15 is 0 Å². The van der Waals surface area contributed by atoms with E-state index in [-0.39, 0.29) is 17.5 Å². The van der Waals surface area contributed by atoms with E-state index in [0.29, 0.717) is 17.9 Å². The van der Waals surface area contributed by atoms with E-state index in [1.807, 2.05) is 13.0 Å². The predicted octanol–water partition coefficient (Wildman–Crippen LogP) is 2.97. The molecule has 2 N–H and O–H groups in total. The van der Waals surface area contributed by atoms with Gasteiger partial charge in [-0.05, 0) is 30.7 Å². The Morgan fingerprint density at radius 3 is 2.57 bits per heavy atom. The average molecular weight is 312 g/mol. The molecule has 0 saturated heterocycles. The molecule has 0 fully saturated rings. The molecule has 0 aliphatic rings. The number of benzene rings is 1. The molecular weight excluding hydrogens is 292 g/mol. The SMILES string of the molecule is CCCCNC(=O)C(=Cc1ccco1)NC(=O)c1ccccc1. The molecule has 0 unspecified atom stereocenters. The highest BCUT2D eigenvalue weighted by molar-refractivity contribution is 6.05. The second-order valence-corrected chi connectivity index (χ2v) is 5.00. The van der Waals surface area contributed by atoms with Crippen LogP contribution in [0.3, 0.4) is 0 Å². The number of unbranched alkanes of at least 4 members (excludes halogenated alkanes) is 1. The fourth-order valence-corrected chi connectivity index (χ4v) is 1.93. The highest BCUT2D eigenvalue weighted by Crippen LogP contribution is 2.08. The zero-order chi connectivity index (χ0) is 16.5. The lowest BCUT2D eigenvalue weighted by molar-refractivity contribution is -0.117. The average Bonchev–Trinajstić information content (AvgIpc) is 3.08. The first-order chi connectivity index (χ1) is 11.2. The van der Waals surface area contributed by atoms with Crippen molar-refractivity contribution in [2.24, 2.45) is 0 Å². The predicted molar refractivity (Wildman–Crippen MR) is 88.5 cm³/mol. The fraction of sp³-hybridized carbons (Fsp3) is 0.222. The van der Waals surface area contributed by atoms with Crippen LogP contribution in [0.1, 0.15) is 35.9 Å². The molecule has 120 valence electrons. The summed E-state index contributed by atoms with van der Waals surface area (Å²) in [6.07, 6.45) is 4.89. The first-order valence-corrected chi connectivity index (χ1v) is 7.60. The zero-order valence-electron chi connectivity index (χ0n) is 13.0. The number of carbonyl (C=O) groups excluding carboxylic acids is 2. The van der Waals surface area contributed by atoms with Gasteiger partial charge in [0, 0.05) is 18.2 Å². The minimum absolute atomic E-state index is 0.157. The van der Waals surface area contributed by atoms with E-state index in [4.69, 9.17) is 4.42 Å². The fourth-order valence-electron chi connectivity index (χ4n) is 1.93. The van der Waals surface area contributed by atoms with Crippen LogP contribution >= 0.6 is 0 Å². The van der Waals surface area contributed by atoms with Gasteiger partial charge in [0.25, 0.3) is 11.8 Å². The van der Waals surface area contributed by atoms with Crippen LogP contribution in [0.5, 0.6) is 0 Å². The van der Waals surface area contributed by atoms with Crippen molar-refractivity contribution in [2.75, 3.05) is 6.54 Å². The lowest BCUT2D eigenvalue weighted by Crippen LogP contribution is -2.35. The Morgan fingerprint density at radius 1 is 1.13 bits per heavy atom. The summed E-state index contributed by atoms with van der Waals surface area (Å²) in [5, 5.41) is 5.44. The van der Waals surface area contributed by atoms with Gasteiger partial charge in [0.15, 0.2) is 0 Å². The van der Waals surface area contributed by atoms with E-state index in [9.17, 15) is 9.59 Å². The highest BCUT2D eigenvalue weighted by Gasteiger charge is 2.14. The third-order valence-corrected chi connectivity index (χ3v) is 3.17. The molecule has 5 heteroatoms. The van der Waals surface area contributed by atoms with Crippen molar-refractivity contribution in [3.05, 3.63) is 65.7 Å². The van der Waals surface area contributed by atoms with E-state index in [1.165, 1.54) is 12.3 Å². The Hall–Kier alpha value is -2.82. The van der Waals surface area contributed by atoms with Crippen LogP contribution in [-0.4, -0.2) is 18.4 Å². The second-order valence-electron chi connectivity index (χ2n) is 5.00. The van der Waals surface area contributed by atoms with Crippen LogP contribution in [0.2, 0.25) is 0 Å². The number of nitrogens with one attached hydrogen (secondary N) is 2. The summed E-state index contributed by atoms with van der Waals surface area (Å²) < 4.78 is 5.22. The largest absolute Gasteiger partial charge is 0.465 e. The number of rotatable bonds is 7. The van der Waals surface area contributed by atoms with Gasteiger partial charge in [0.1, 0.15) is 11.5 Å². The quantitative estimate of drug-likeness (QED) is 0.610. The number of carbonyl (C=O) groups is 2. The first kappa shape index (κ1) is 16.5. The molecule has 0 radical (unpaired) electrons.